The number of aromatic amines is 1. The van der Waals surface area contributed by atoms with Crippen molar-refractivity contribution in [2.45, 2.75) is 32.6 Å². The number of amides is 2. The van der Waals surface area contributed by atoms with Crippen LogP contribution in [0.1, 0.15) is 40.7 Å². The van der Waals surface area contributed by atoms with Crippen molar-refractivity contribution < 1.29 is 9.59 Å². The van der Waals surface area contributed by atoms with Crippen molar-refractivity contribution in [3.63, 3.8) is 0 Å². The number of pyridine rings is 1. The summed E-state index contributed by atoms with van der Waals surface area (Å²) in [5.74, 6) is 0.802. The number of nitrogens with zero attached hydrogens (tertiary/aromatic N) is 3. The largest absolute Gasteiger partial charge is 0.358 e. The second-order valence-corrected chi connectivity index (χ2v) is 8.83. The van der Waals surface area contributed by atoms with E-state index in [9.17, 15) is 9.59 Å². The minimum absolute atomic E-state index is 0.0501. The number of benzene rings is 1. The Kier molecular flexibility index (Phi) is 5.22. The van der Waals surface area contributed by atoms with Crippen LogP contribution in [0.3, 0.4) is 0 Å². The Bertz CT molecular complexity index is 1110. The molecule has 0 bridgehead atoms. The van der Waals surface area contributed by atoms with Gasteiger partial charge >= 0.3 is 0 Å². The van der Waals surface area contributed by atoms with E-state index >= 15 is 0 Å². The number of rotatable bonds is 3. The standard InChI is InChI=1S/C25H28N4O2/c1-17-8-9-22-21(15-17)19-6-4-7-20(24(19)27-22)25(31)29-13-11-28(12-14-29)23(30)16-18-5-2-3-10-26-18/h2-7,10,17,27H,8-9,11-16H2,1H3. The van der Waals surface area contributed by atoms with E-state index in [1.165, 1.54) is 23.1 Å². The third kappa shape index (κ3) is 3.82. The molecule has 2 aromatic heterocycles. The van der Waals surface area contributed by atoms with Gasteiger partial charge in [-0.15, -0.1) is 0 Å². The quantitative estimate of drug-likeness (QED) is 0.713. The SMILES string of the molecule is CC1CCc2[nH]c3c(C(=O)N4CCN(C(=O)Cc5ccccn5)CC4)cccc3c2C1. The number of hydrogen-bond acceptors (Lipinski definition) is 3. The Morgan fingerprint density at radius 2 is 1.87 bits per heavy atom. The molecule has 160 valence electrons. The zero-order valence-electron chi connectivity index (χ0n) is 17.9. The molecule has 1 N–H and O–H groups in total. The number of hydrogen-bond donors (Lipinski definition) is 1. The zero-order valence-corrected chi connectivity index (χ0v) is 17.9. The fourth-order valence-corrected chi connectivity index (χ4v) is 4.89. The van der Waals surface area contributed by atoms with Crippen LogP contribution in [0, 0.1) is 5.92 Å². The van der Waals surface area contributed by atoms with Gasteiger partial charge < -0.3 is 14.8 Å². The van der Waals surface area contributed by atoms with E-state index in [1.54, 1.807) is 6.20 Å². The van der Waals surface area contributed by atoms with E-state index < -0.39 is 0 Å². The highest BCUT2D eigenvalue weighted by atomic mass is 16.2. The molecule has 6 nitrogen and oxygen atoms in total. The topological polar surface area (TPSA) is 69.3 Å². The maximum absolute atomic E-state index is 13.4. The highest BCUT2D eigenvalue weighted by Gasteiger charge is 2.28. The second kappa shape index (κ2) is 8.17. The van der Waals surface area contributed by atoms with E-state index in [4.69, 9.17) is 0 Å². The summed E-state index contributed by atoms with van der Waals surface area (Å²) in [7, 11) is 0. The van der Waals surface area contributed by atoms with Crippen molar-refractivity contribution in [1.29, 1.82) is 0 Å². The first kappa shape index (κ1) is 19.8. The molecular weight excluding hydrogens is 388 g/mol. The monoisotopic (exact) mass is 416 g/mol. The van der Waals surface area contributed by atoms with Crippen molar-refractivity contribution >= 4 is 22.7 Å². The van der Waals surface area contributed by atoms with E-state index in [1.807, 2.05) is 40.1 Å². The van der Waals surface area contributed by atoms with Crippen LogP contribution >= 0.6 is 0 Å². The number of aryl methyl sites for hydroxylation is 1. The first-order valence-electron chi connectivity index (χ1n) is 11.2. The fourth-order valence-electron chi connectivity index (χ4n) is 4.89. The fraction of sp³-hybridized carbons (Fsp3) is 0.400. The van der Waals surface area contributed by atoms with Crippen LogP contribution < -0.4 is 0 Å². The third-order valence-electron chi connectivity index (χ3n) is 6.68. The van der Waals surface area contributed by atoms with Crippen molar-refractivity contribution in [3.8, 4) is 0 Å². The first-order valence-corrected chi connectivity index (χ1v) is 11.2. The van der Waals surface area contributed by atoms with Crippen LogP contribution in [-0.4, -0.2) is 57.8 Å². The highest BCUT2D eigenvalue weighted by Crippen LogP contribution is 2.33. The van der Waals surface area contributed by atoms with E-state index in [2.05, 4.69) is 23.0 Å². The van der Waals surface area contributed by atoms with E-state index in [-0.39, 0.29) is 11.8 Å². The van der Waals surface area contributed by atoms with Gasteiger partial charge in [0.05, 0.1) is 17.5 Å². The molecule has 3 aromatic rings. The smallest absolute Gasteiger partial charge is 0.256 e. The molecule has 31 heavy (non-hydrogen) atoms. The van der Waals surface area contributed by atoms with Crippen LogP contribution in [-0.2, 0) is 24.1 Å². The lowest BCUT2D eigenvalue weighted by atomic mass is 9.87. The number of piperazine rings is 1. The van der Waals surface area contributed by atoms with Crippen molar-refractivity contribution in [2.24, 2.45) is 5.92 Å². The average Bonchev–Trinajstić information content (AvgIpc) is 3.17. The van der Waals surface area contributed by atoms with Gasteiger partial charge in [0.15, 0.2) is 0 Å². The molecule has 6 heteroatoms. The number of aromatic nitrogens is 2. The molecule has 5 rings (SSSR count). The molecule has 1 aliphatic carbocycles. The van der Waals surface area contributed by atoms with Crippen LogP contribution in [0.2, 0.25) is 0 Å². The lowest BCUT2D eigenvalue weighted by Crippen LogP contribution is -2.51. The predicted octanol–water partition coefficient (Wildman–Crippen LogP) is 3.21. The maximum atomic E-state index is 13.4. The second-order valence-electron chi connectivity index (χ2n) is 8.83. The van der Waals surface area contributed by atoms with Crippen molar-refractivity contribution in [2.75, 3.05) is 26.2 Å². The van der Waals surface area contributed by atoms with Crippen molar-refractivity contribution in [1.82, 2.24) is 19.8 Å². The number of fused-ring (bicyclic) bond motifs is 3. The molecule has 0 spiro atoms. The predicted molar refractivity (Wildman–Crippen MR) is 120 cm³/mol. The molecule has 1 atom stereocenters. The molecule has 3 heterocycles. The van der Waals surface area contributed by atoms with Gasteiger partial charge in [-0.25, -0.2) is 0 Å². The van der Waals surface area contributed by atoms with Gasteiger partial charge in [-0.05, 0) is 48.9 Å². The molecule has 1 aromatic carbocycles. The lowest BCUT2D eigenvalue weighted by Gasteiger charge is -2.35. The Balaban J connectivity index is 1.29. The van der Waals surface area contributed by atoms with Gasteiger partial charge in [0.2, 0.25) is 5.91 Å². The van der Waals surface area contributed by atoms with Gasteiger partial charge in [-0.2, -0.15) is 0 Å². The zero-order chi connectivity index (χ0) is 21.4. The summed E-state index contributed by atoms with van der Waals surface area (Å²) in [4.78, 5) is 37.5. The molecule has 0 radical (unpaired) electrons. The van der Waals surface area contributed by atoms with E-state index in [0.29, 0.717) is 38.5 Å². The number of para-hydroxylation sites is 1. The molecule has 1 fully saturated rings. The summed E-state index contributed by atoms with van der Waals surface area (Å²) in [5.41, 5.74) is 5.17. The molecule has 1 saturated heterocycles. The summed E-state index contributed by atoms with van der Waals surface area (Å²) in [6.07, 6.45) is 5.33. The Hall–Kier alpha value is -3.15. The average molecular weight is 417 g/mol. The molecule has 1 aliphatic heterocycles. The van der Waals surface area contributed by atoms with E-state index in [0.717, 1.165) is 29.6 Å². The molecule has 2 aliphatic rings. The van der Waals surface area contributed by atoms with Crippen LogP contribution in [0.25, 0.3) is 10.9 Å². The van der Waals surface area contributed by atoms with Crippen LogP contribution in [0.4, 0.5) is 0 Å². The number of H-pyrrole nitrogens is 1. The normalized spacial score (nSPS) is 18.8. The van der Waals surface area contributed by atoms with Crippen LogP contribution in [0.15, 0.2) is 42.6 Å². The molecule has 1 unspecified atom stereocenters. The summed E-state index contributed by atoms with van der Waals surface area (Å²) >= 11 is 0. The van der Waals surface area contributed by atoms with Gasteiger partial charge in [-0.1, -0.05) is 25.1 Å². The molecule has 0 saturated carbocycles. The highest BCUT2D eigenvalue weighted by molar-refractivity contribution is 6.07. The summed E-state index contributed by atoms with van der Waals surface area (Å²) in [6.45, 7) is 4.53. The summed E-state index contributed by atoms with van der Waals surface area (Å²) in [6, 6.07) is 11.7. The molecular formula is C25H28N4O2. The van der Waals surface area contributed by atoms with Gasteiger partial charge in [0, 0.05) is 49.1 Å². The van der Waals surface area contributed by atoms with Gasteiger partial charge in [-0.3, -0.25) is 14.6 Å². The Morgan fingerprint density at radius 3 is 2.65 bits per heavy atom. The number of carbonyl (C=O) groups excluding carboxylic acids is 2. The first-order chi connectivity index (χ1) is 15.1. The minimum atomic E-state index is 0.0501. The number of nitrogens with one attached hydrogen (secondary N) is 1. The minimum Gasteiger partial charge on any atom is -0.358 e. The van der Waals surface area contributed by atoms with Crippen LogP contribution in [0.5, 0.6) is 0 Å². The third-order valence-corrected chi connectivity index (χ3v) is 6.68. The van der Waals surface area contributed by atoms with Gasteiger partial charge in [0.25, 0.3) is 5.91 Å². The molecule has 2 amide bonds. The van der Waals surface area contributed by atoms with Crippen molar-refractivity contribution in [3.05, 3.63) is 65.1 Å². The summed E-state index contributed by atoms with van der Waals surface area (Å²) < 4.78 is 0. The number of carbonyl (C=O) groups is 2. The van der Waals surface area contributed by atoms with Gasteiger partial charge in [0.1, 0.15) is 0 Å². The maximum Gasteiger partial charge on any atom is 0.256 e. The Labute approximate surface area is 182 Å². The lowest BCUT2D eigenvalue weighted by molar-refractivity contribution is -0.132. The Morgan fingerprint density at radius 1 is 1.06 bits per heavy atom. The summed E-state index contributed by atoms with van der Waals surface area (Å²) in [5, 5.41) is 1.19.